The molecule has 1 aromatic carbocycles. The fourth-order valence-corrected chi connectivity index (χ4v) is 3.39. The van der Waals surface area contributed by atoms with Gasteiger partial charge in [-0.05, 0) is 39.5 Å². The van der Waals surface area contributed by atoms with Gasteiger partial charge in [0.25, 0.3) is 5.91 Å². The molecule has 0 fully saturated rings. The van der Waals surface area contributed by atoms with Crippen molar-refractivity contribution in [3.63, 3.8) is 0 Å². The Morgan fingerprint density at radius 3 is 2.70 bits per heavy atom. The standard InChI is InChI=1S/C14H12BrNO3S/c1-14(2)18-10-4-3-8(7-11(10)19-14)16-13(17)12-9(15)5-6-20-12/h3-7H,1-2H3,(H,16,17). The molecule has 0 spiro atoms. The molecular weight excluding hydrogens is 342 g/mol. The van der Waals surface area contributed by atoms with Crippen LogP contribution < -0.4 is 14.8 Å². The number of benzene rings is 1. The molecule has 0 atom stereocenters. The van der Waals surface area contributed by atoms with Gasteiger partial charge in [0.1, 0.15) is 4.88 Å². The molecule has 4 nitrogen and oxygen atoms in total. The fourth-order valence-electron chi connectivity index (χ4n) is 1.94. The number of nitrogens with one attached hydrogen (secondary N) is 1. The van der Waals surface area contributed by atoms with Crippen LogP contribution in [0.5, 0.6) is 11.5 Å². The number of fused-ring (bicyclic) bond motifs is 1. The van der Waals surface area contributed by atoms with E-state index in [1.807, 2.05) is 25.3 Å². The van der Waals surface area contributed by atoms with E-state index in [4.69, 9.17) is 9.47 Å². The molecule has 0 aliphatic carbocycles. The van der Waals surface area contributed by atoms with E-state index in [0.29, 0.717) is 22.1 Å². The number of hydrogen-bond acceptors (Lipinski definition) is 4. The molecule has 6 heteroatoms. The SMILES string of the molecule is CC1(C)Oc2ccc(NC(=O)c3sccc3Br)cc2O1. The molecule has 1 amide bonds. The predicted molar refractivity (Wildman–Crippen MR) is 81.7 cm³/mol. The van der Waals surface area contributed by atoms with Gasteiger partial charge in [-0.15, -0.1) is 11.3 Å². The van der Waals surface area contributed by atoms with Crippen LogP contribution in [0, 0.1) is 0 Å². The minimum atomic E-state index is -0.665. The van der Waals surface area contributed by atoms with Gasteiger partial charge in [-0.2, -0.15) is 0 Å². The second-order valence-electron chi connectivity index (χ2n) is 4.82. The summed E-state index contributed by atoms with van der Waals surface area (Å²) in [4.78, 5) is 12.8. The summed E-state index contributed by atoms with van der Waals surface area (Å²) >= 11 is 4.74. The molecule has 1 aliphatic heterocycles. The van der Waals surface area contributed by atoms with Crippen molar-refractivity contribution in [3.05, 3.63) is 39.0 Å². The summed E-state index contributed by atoms with van der Waals surface area (Å²) in [5.74, 6) is 0.509. The number of amides is 1. The number of ether oxygens (including phenoxy) is 2. The van der Waals surface area contributed by atoms with Crippen molar-refractivity contribution in [1.29, 1.82) is 0 Å². The Bertz CT molecular complexity index is 681. The molecule has 2 heterocycles. The Kier molecular flexibility index (Phi) is 3.22. The minimum absolute atomic E-state index is 0.148. The molecule has 20 heavy (non-hydrogen) atoms. The summed E-state index contributed by atoms with van der Waals surface area (Å²) in [6.45, 7) is 3.68. The van der Waals surface area contributed by atoms with Gasteiger partial charge in [-0.1, -0.05) is 0 Å². The van der Waals surface area contributed by atoms with E-state index in [2.05, 4.69) is 21.2 Å². The smallest absolute Gasteiger partial charge is 0.266 e. The zero-order valence-electron chi connectivity index (χ0n) is 10.9. The van der Waals surface area contributed by atoms with E-state index < -0.39 is 5.79 Å². The van der Waals surface area contributed by atoms with E-state index in [0.717, 1.165) is 4.47 Å². The molecule has 0 unspecified atom stereocenters. The Morgan fingerprint density at radius 1 is 1.25 bits per heavy atom. The lowest BCUT2D eigenvalue weighted by atomic mass is 10.2. The average molecular weight is 354 g/mol. The molecule has 1 N–H and O–H groups in total. The van der Waals surface area contributed by atoms with Crippen molar-refractivity contribution >= 4 is 38.9 Å². The first-order chi connectivity index (χ1) is 9.44. The van der Waals surface area contributed by atoms with Crippen LogP contribution in [0.3, 0.4) is 0 Å². The molecule has 0 radical (unpaired) electrons. The number of carbonyl (C=O) groups excluding carboxylic acids is 1. The highest BCUT2D eigenvalue weighted by molar-refractivity contribution is 9.10. The highest BCUT2D eigenvalue weighted by atomic mass is 79.9. The summed E-state index contributed by atoms with van der Waals surface area (Å²) in [6, 6.07) is 7.21. The van der Waals surface area contributed by atoms with E-state index >= 15 is 0 Å². The lowest BCUT2D eigenvalue weighted by Gasteiger charge is -2.16. The molecule has 2 aromatic rings. The van der Waals surface area contributed by atoms with Crippen molar-refractivity contribution in [2.75, 3.05) is 5.32 Å². The molecule has 0 bridgehead atoms. The van der Waals surface area contributed by atoms with Gasteiger partial charge in [0.2, 0.25) is 5.79 Å². The lowest BCUT2D eigenvalue weighted by Crippen LogP contribution is -2.29. The number of hydrogen-bond donors (Lipinski definition) is 1. The van der Waals surface area contributed by atoms with E-state index in [1.54, 1.807) is 18.2 Å². The number of rotatable bonds is 2. The maximum atomic E-state index is 12.1. The zero-order valence-corrected chi connectivity index (χ0v) is 13.3. The third-order valence-corrected chi connectivity index (χ3v) is 4.57. The van der Waals surface area contributed by atoms with Crippen molar-refractivity contribution in [1.82, 2.24) is 0 Å². The van der Waals surface area contributed by atoms with E-state index in [9.17, 15) is 4.79 Å². The summed E-state index contributed by atoms with van der Waals surface area (Å²) in [5, 5.41) is 4.71. The Morgan fingerprint density at radius 2 is 2.00 bits per heavy atom. The van der Waals surface area contributed by atoms with Crippen LogP contribution in [0.1, 0.15) is 23.5 Å². The maximum Gasteiger partial charge on any atom is 0.266 e. The van der Waals surface area contributed by atoms with Gasteiger partial charge in [0.15, 0.2) is 11.5 Å². The molecule has 0 saturated carbocycles. The third kappa shape index (κ3) is 2.53. The van der Waals surface area contributed by atoms with Gasteiger partial charge in [-0.25, -0.2) is 0 Å². The van der Waals surface area contributed by atoms with Crippen LogP contribution in [0.2, 0.25) is 0 Å². The highest BCUT2D eigenvalue weighted by Crippen LogP contribution is 2.40. The van der Waals surface area contributed by atoms with Crippen molar-refractivity contribution < 1.29 is 14.3 Å². The largest absolute Gasteiger partial charge is 0.449 e. The Hall–Kier alpha value is -1.53. The normalized spacial score (nSPS) is 15.2. The van der Waals surface area contributed by atoms with Gasteiger partial charge in [0.05, 0.1) is 0 Å². The highest BCUT2D eigenvalue weighted by Gasteiger charge is 2.31. The second-order valence-corrected chi connectivity index (χ2v) is 6.59. The molecular formula is C14H12BrNO3S. The van der Waals surface area contributed by atoms with E-state index in [1.165, 1.54) is 11.3 Å². The van der Waals surface area contributed by atoms with Crippen LogP contribution in [-0.2, 0) is 0 Å². The molecule has 1 aliphatic rings. The molecule has 104 valence electrons. The summed E-state index contributed by atoms with van der Waals surface area (Å²) in [7, 11) is 0. The van der Waals surface area contributed by atoms with Gasteiger partial charge < -0.3 is 14.8 Å². The first-order valence-electron chi connectivity index (χ1n) is 6.01. The topological polar surface area (TPSA) is 47.6 Å². The van der Waals surface area contributed by atoms with Crippen molar-refractivity contribution in [2.45, 2.75) is 19.6 Å². The maximum absolute atomic E-state index is 12.1. The summed E-state index contributed by atoms with van der Waals surface area (Å²) in [5.41, 5.74) is 0.676. The van der Waals surface area contributed by atoms with E-state index in [-0.39, 0.29) is 5.91 Å². The van der Waals surface area contributed by atoms with Gasteiger partial charge in [0, 0.05) is 30.1 Å². The second kappa shape index (κ2) is 4.79. The molecule has 0 saturated heterocycles. The average Bonchev–Trinajstić information content (AvgIpc) is 2.90. The Labute approximate surface area is 128 Å². The third-order valence-electron chi connectivity index (χ3n) is 2.74. The first kappa shape index (κ1) is 13.5. The summed E-state index contributed by atoms with van der Waals surface area (Å²) in [6.07, 6.45) is 0. The first-order valence-corrected chi connectivity index (χ1v) is 7.68. The Balaban J connectivity index is 1.80. The van der Waals surface area contributed by atoms with Crippen LogP contribution in [0.15, 0.2) is 34.1 Å². The lowest BCUT2D eigenvalue weighted by molar-refractivity contribution is -0.0431. The van der Waals surface area contributed by atoms with Crippen molar-refractivity contribution in [3.8, 4) is 11.5 Å². The minimum Gasteiger partial charge on any atom is -0.449 e. The number of anilines is 1. The van der Waals surface area contributed by atoms with Crippen LogP contribution in [0.25, 0.3) is 0 Å². The van der Waals surface area contributed by atoms with Gasteiger partial charge >= 0.3 is 0 Å². The van der Waals surface area contributed by atoms with Crippen LogP contribution in [-0.4, -0.2) is 11.7 Å². The molecule has 3 rings (SSSR count). The summed E-state index contributed by atoms with van der Waals surface area (Å²) < 4.78 is 12.0. The van der Waals surface area contributed by atoms with Crippen LogP contribution in [0.4, 0.5) is 5.69 Å². The van der Waals surface area contributed by atoms with Gasteiger partial charge in [-0.3, -0.25) is 4.79 Å². The fraction of sp³-hybridized carbons (Fsp3) is 0.214. The zero-order chi connectivity index (χ0) is 14.3. The van der Waals surface area contributed by atoms with Crippen LogP contribution >= 0.6 is 27.3 Å². The number of carbonyl (C=O) groups is 1. The number of thiophene rings is 1. The number of halogens is 1. The van der Waals surface area contributed by atoms with Crippen molar-refractivity contribution in [2.24, 2.45) is 0 Å². The quantitative estimate of drug-likeness (QED) is 0.876. The molecule has 1 aromatic heterocycles. The predicted octanol–water partition coefficient (Wildman–Crippen LogP) is 4.27. The monoisotopic (exact) mass is 353 g/mol.